The molecule has 2 rings (SSSR count). The van der Waals surface area contributed by atoms with Crippen molar-refractivity contribution >= 4 is 16.9 Å². The van der Waals surface area contributed by atoms with E-state index in [4.69, 9.17) is 4.99 Å². The Kier molecular flexibility index (Phi) is 5.77. The largest absolute Gasteiger partial charge is 0.362 e. The van der Waals surface area contributed by atoms with Crippen molar-refractivity contribution in [1.29, 1.82) is 0 Å². The van der Waals surface area contributed by atoms with Crippen LogP contribution in [0, 0.1) is 0 Å². The minimum atomic E-state index is 0.438. The van der Waals surface area contributed by atoms with Crippen LogP contribution in [0.5, 0.6) is 0 Å². The van der Waals surface area contributed by atoms with Gasteiger partial charge in [0.2, 0.25) is 0 Å². The molecule has 2 nitrogen and oxygen atoms in total. The van der Waals surface area contributed by atoms with Gasteiger partial charge in [-0.1, -0.05) is 61.9 Å². The average molecular weight is 276 g/mol. The molecule has 2 atom stereocenters. The molecular formula is C16H24N2S. The van der Waals surface area contributed by atoms with Crippen LogP contribution in [0.1, 0.15) is 38.7 Å². The highest BCUT2D eigenvalue weighted by Crippen LogP contribution is 2.20. The molecule has 1 aromatic carbocycles. The standard InChI is InChI=1S/C16H24N2S/c1-3-4-8-13(2)17-16-18-15(12-19-16)11-14-9-6-5-7-10-14/h5-7,9-10,13,15H,3-4,8,11-12H2,1-2H3,(H,17,18). The van der Waals surface area contributed by atoms with E-state index in [0.29, 0.717) is 12.1 Å². The zero-order valence-corrected chi connectivity index (χ0v) is 12.7. The van der Waals surface area contributed by atoms with Crippen molar-refractivity contribution in [3.8, 4) is 0 Å². The fourth-order valence-electron chi connectivity index (χ4n) is 2.28. The molecule has 0 radical (unpaired) electrons. The molecule has 3 heteroatoms. The predicted octanol–water partition coefficient (Wildman–Crippen LogP) is 3.87. The van der Waals surface area contributed by atoms with Crippen LogP contribution in [0.15, 0.2) is 35.3 Å². The number of nitrogens with zero attached hydrogens (tertiary/aromatic N) is 1. The summed E-state index contributed by atoms with van der Waals surface area (Å²) in [6, 6.07) is 11.6. The SMILES string of the molecule is CCCCC(C)NC1=NC(Cc2ccccc2)CS1. The lowest BCUT2D eigenvalue weighted by Gasteiger charge is -2.13. The highest BCUT2D eigenvalue weighted by Gasteiger charge is 2.19. The minimum Gasteiger partial charge on any atom is -0.362 e. The molecule has 0 bridgehead atoms. The maximum absolute atomic E-state index is 4.80. The van der Waals surface area contributed by atoms with E-state index in [1.807, 2.05) is 11.8 Å². The Balaban J connectivity index is 1.80. The second-order valence-electron chi connectivity index (χ2n) is 5.28. The Morgan fingerprint density at radius 3 is 2.89 bits per heavy atom. The van der Waals surface area contributed by atoms with Gasteiger partial charge in [-0.25, -0.2) is 0 Å². The molecule has 1 aromatic rings. The number of amidine groups is 1. The molecule has 1 aliphatic rings. The van der Waals surface area contributed by atoms with Gasteiger partial charge in [-0.2, -0.15) is 0 Å². The molecule has 1 aliphatic heterocycles. The second-order valence-corrected chi connectivity index (χ2v) is 6.29. The summed E-state index contributed by atoms with van der Waals surface area (Å²) >= 11 is 1.87. The van der Waals surface area contributed by atoms with Gasteiger partial charge < -0.3 is 5.32 Å². The molecule has 0 aliphatic carbocycles. The van der Waals surface area contributed by atoms with Gasteiger partial charge in [0.05, 0.1) is 6.04 Å². The van der Waals surface area contributed by atoms with Crippen molar-refractivity contribution in [3.63, 3.8) is 0 Å². The number of hydrogen-bond acceptors (Lipinski definition) is 3. The van der Waals surface area contributed by atoms with Gasteiger partial charge >= 0.3 is 0 Å². The van der Waals surface area contributed by atoms with Gasteiger partial charge in [0.1, 0.15) is 0 Å². The number of unbranched alkanes of at least 4 members (excludes halogenated alkanes) is 1. The van der Waals surface area contributed by atoms with Gasteiger partial charge in [0.15, 0.2) is 5.17 Å². The summed E-state index contributed by atoms with van der Waals surface area (Å²) in [7, 11) is 0. The Morgan fingerprint density at radius 1 is 1.37 bits per heavy atom. The van der Waals surface area contributed by atoms with Crippen LogP contribution in [0.2, 0.25) is 0 Å². The first kappa shape index (κ1) is 14.4. The van der Waals surface area contributed by atoms with Crippen molar-refractivity contribution in [3.05, 3.63) is 35.9 Å². The van der Waals surface area contributed by atoms with E-state index in [-0.39, 0.29) is 0 Å². The highest BCUT2D eigenvalue weighted by atomic mass is 32.2. The summed E-state index contributed by atoms with van der Waals surface area (Å²) in [5, 5.41) is 4.69. The molecule has 2 unspecified atom stereocenters. The number of aliphatic imine (C=N–C) groups is 1. The summed E-state index contributed by atoms with van der Waals surface area (Å²) in [6.07, 6.45) is 4.85. The van der Waals surface area contributed by atoms with Crippen LogP contribution in [0.25, 0.3) is 0 Å². The fraction of sp³-hybridized carbons (Fsp3) is 0.562. The summed E-state index contributed by atoms with van der Waals surface area (Å²) in [5.41, 5.74) is 1.39. The van der Waals surface area contributed by atoms with Gasteiger partial charge in [-0.15, -0.1) is 0 Å². The number of nitrogens with one attached hydrogen (secondary N) is 1. The quantitative estimate of drug-likeness (QED) is 0.853. The zero-order chi connectivity index (χ0) is 13.5. The molecule has 0 aromatic heterocycles. The van der Waals surface area contributed by atoms with E-state index >= 15 is 0 Å². The Hall–Kier alpha value is -0.960. The molecule has 1 N–H and O–H groups in total. The highest BCUT2D eigenvalue weighted by molar-refractivity contribution is 8.14. The molecule has 0 saturated heterocycles. The van der Waals surface area contributed by atoms with Crippen LogP contribution < -0.4 is 5.32 Å². The Morgan fingerprint density at radius 2 is 2.16 bits per heavy atom. The third kappa shape index (κ3) is 4.90. The maximum Gasteiger partial charge on any atom is 0.157 e. The van der Waals surface area contributed by atoms with E-state index < -0.39 is 0 Å². The van der Waals surface area contributed by atoms with Gasteiger partial charge in [0.25, 0.3) is 0 Å². The Labute approximate surface area is 121 Å². The smallest absolute Gasteiger partial charge is 0.157 e. The topological polar surface area (TPSA) is 24.4 Å². The van der Waals surface area contributed by atoms with Crippen LogP contribution >= 0.6 is 11.8 Å². The van der Waals surface area contributed by atoms with E-state index in [9.17, 15) is 0 Å². The maximum atomic E-state index is 4.80. The van der Waals surface area contributed by atoms with Crippen molar-refractivity contribution in [2.45, 2.75) is 51.6 Å². The van der Waals surface area contributed by atoms with Gasteiger partial charge in [-0.3, -0.25) is 4.99 Å². The van der Waals surface area contributed by atoms with Gasteiger partial charge in [0, 0.05) is 11.8 Å². The first-order valence-electron chi connectivity index (χ1n) is 7.29. The predicted molar refractivity (Wildman–Crippen MR) is 85.9 cm³/mol. The average Bonchev–Trinajstić information content (AvgIpc) is 2.85. The van der Waals surface area contributed by atoms with Gasteiger partial charge in [-0.05, 0) is 25.3 Å². The normalized spacial score (nSPS) is 20.1. The van der Waals surface area contributed by atoms with E-state index in [0.717, 1.165) is 17.3 Å². The monoisotopic (exact) mass is 276 g/mol. The van der Waals surface area contributed by atoms with Crippen LogP contribution in [-0.4, -0.2) is 23.0 Å². The molecule has 0 saturated carbocycles. The fourth-order valence-corrected chi connectivity index (χ4v) is 3.33. The molecule has 104 valence electrons. The molecular weight excluding hydrogens is 252 g/mol. The number of thioether (sulfide) groups is 1. The van der Waals surface area contributed by atoms with Crippen molar-refractivity contribution in [1.82, 2.24) is 5.32 Å². The first-order valence-corrected chi connectivity index (χ1v) is 8.27. The summed E-state index contributed by atoms with van der Waals surface area (Å²) in [4.78, 5) is 4.80. The minimum absolute atomic E-state index is 0.438. The van der Waals surface area contributed by atoms with Crippen molar-refractivity contribution in [2.24, 2.45) is 4.99 Å². The first-order chi connectivity index (χ1) is 9.28. The van der Waals surface area contributed by atoms with E-state index in [1.54, 1.807) is 0 Å². The second kappa shape index (κ2) is 7.59. The van der Waals surface area contributed by atoms with Crippen molar-refractivity contribution < 1.29 is 0 Å². The van der Waals surface area contributed by atoms with Crippen LogP contribution in [-0.2, 0) is 6.42 Å². The van der Waals surface area contributed by atoms with E-state index in [1.165, 1.54) is 24.8 Å². The molecule has 19 heavy (non-hydrogen) atoms. The summed E-state index contributed by atoms with van der Waals surface area (Å²) < 4.78 is 0. The number of benzene rings is 1. The molecule has 0 fully saturated rings. The molecule has 1 heterocycles. The third-order valence-corrected chi connectivity index (χ3v) is 4.44. The lowest BCUT2D eigenvalue weighted by atomic mass is 10.1. The zero-order valence-electron chi connectivity index (χ0n) is 11.9. The lowest BCUT2D eigenvalue weighted by Crippen LogP contribution is -2.29. The third-order valence-electron chi connectivity index (χ3n) is 3.39. The number of rotatable bonds is 6. The summed E-state index contributed by atoms with van der Waals surface area (Å²) in [5.74, 6) is 1.11. The molecule has 0 amide bonds. The summed E-state index contributed by atoms with van der Waals surface area (Å²) in [6.45, 7) is 4.49. The van der Waals surface area contributed by atoms with Crippen molar-refractivity contribution in [2.75, 3.05) is 5.75 Å². The number of hydrogen-bond donors (Lipinski definition) is 1. The molecule has 0 spiro atoms. The lowest BCUT2D eigenvalue weighted by molar-refractivity contribution is 0.572. The Bertz CT molecular complexity index is 402. The van der Waals surface area contributed by atoms with Crippen LogP contribution in [0.3, 0.4) is 0 Å². The van der Waals surface area contributed by atoms with Crippen LogP contribution in [0.4, 0.5) is 0 Å². The van der Waals surface area contributed by atoms with E-state index in [2.05, 4.69) is 49.5 Å².